The van der Waals surface area contributed by atoms with E-state index in [0.717, 1.165) is 16.9 Å². The van der Waals surface area contributed by atoms with E-state index >= 15 is 0 Å². The number of hydrogen-bond acceptors (Lipinski definition) is 2. The third-order valence-electron chi connectivity index (χ3n) is 3.84. The number of rotatable bonds is 4. The van der Waals surface area contributed by atoms with Crippen molar-refractivity contribution in [2.24, 2.45) is 11.8 Å². The fourth-order valence-electron chi connectivity index (χ4n) is 3.06. The quantitative estimate of drug-likeness (QED) is 0.513. The largest absolute Gasteiger partial charge is 0.361 e. The number of thiocarbonyl (C=S) groups is 1. The Morgan fingerprint density at radius 1 is 1.24 bits per heavy atom. The van der Waals surface area contributed by atoms with Crippen LogP contribution in [0.4, 0.5) is 0 Å². The smallest absolute Gasteiger partial charge is 0.216 e. The maximum atomic E-state index is 10.7. The van der Waals surface area contributed by atoms with Gasteiger partial charge >= 0.3 is 0 Å². The first-order chi connectivity index (χ1) is 8.15. The second kappa shape index (κ2) is 5.67. The van der Waals surface area contributed by atoms with Crippen molar-refractivity contribution in [3.05, 3.63) is 0 Å². The molecule has 0 aromatic rings. The van der Waals surface area contributed by atoms with Crippen LogP contribution in [0.2, 0.25) is 0 Å². The predicted octanol–water partition coefficient (Wildman–Crippen LogP) is 0.775. The summed E-state index contributed by atoms with van der Waals surface area (Å²) in [5.41, 5.74) is 0. The summed E-state index contributed by atoms with van der Waals surface area (Å²) in [6.45, 7) is 2.83. The molecule has 2 fully saturated rings. The summed E-state index contributed by atoms with van der Waals surface area (Å²) < 4.78 is 0. The second-order valence-corrected chi connectivity index (χ2v) is 5.57. The van der Waals surface area contributed by atoms with E-state index in [1.54, 1.807) is 0 Å². The van der Waals surface area contributed by atoms with Gasteiger partial charge in [-0.1, -0.05) is 6.42 Å². The number of hydrogen-bond donors (Lipinski definition) is 3. The van der Waals surface area contributed by atoms with E-state index in [2.05, 4.69) is 16.0 Å². The van der Waals surface area contributed by atoms with E-state index in [0.29, 0.717) is 19.1 Å². The summed E-state index contributed by atoms with van der Waals surface area (Å²) >= 11 is 5.25. The van der Waals surface area contributed by atoms with Gasteiger partial charge in [-0.3, -0.25) is 4.79 Å². The van der Waals surface area contributed by atoms with Crippen LogP contribution < -0.4 is 16.0 Å². The molecule has 2 aliphatic carbocycles. The molecule has 0 aromatic carbocycles. The zero-order chi connectivity index (χ0) is 12.3. The van der Waals surface area contributed by atoms with Gasteiger partial charge in [0.15, 0.2) is 5.11 Å². The fourth-order valence-corrected chi connectivity index (χ4v) is 3.31. The van der Waals surface area contributed by atoms with Crippen molar-refractivity contribution in [2.75, 3.05) is 13.1 Å². The average molecular weight is 255 g/mol. The molecule has 0 spiro atoms. The van der Waals surface area contributed by atoms with Crippen molar-refractivity contribution in [2.45, 2.75) is 38.6 Å². The molecule has 2 saturated carbocycles. The number of fused-ring (bicyclic) bond motifs is 2. The minimum Gasteiger partial charge on any atom is -0.361 e. The topological polar surface area (TPSA) is 53.2 Å². The molecule has 0 saturated heterocycles. The van der Waals surface area contributed by atoms with Crippen LogP contribution in [0.3, 0.4) is 0 Å². The van der Waals surface area contributed by atoms with Crippen LogP contribution >= 0.6 is 12.2 Å². The lowest BCUT2D eigenvalue weighted by Crippen LogP contribution is -2.46. The molecule has 3 atom stereocenters. The third-order valence-corrected chi connectivity index (χ3v) is 4.10. The molecule has 1 amide bonds. The molecule has 2 bridgehead atoms. The van der Waals surface area contributed by atoms with Crippen LogP contribution in [0.5, 0.6) is 0 Å². The number of carbonyl (C=O) groups is 1. The Balaban J connectivity index is 1.59. The van der Waals surface area contributed by atoms with E-state index in [-0.39, 0.29) is 5.91 Å². The molecular weight excluding hydrogens is 234 g/mol. The summed E-state index contributed by atoms with van der Waals surface area (Å²) in [5.74, 6) is 1.76. The SMILES string of the molecule is CC(=O)NCCNC(=S)N[C@H]1C[C@H]2CC[C@@H]1C2. The standard InChI is InChI=1S/C12H21N3OS/c1-8(16)13-4-5-14-12(17)15-11-7-9-2-3-10(11)6-9/h9-11H,2-7H2,1H3,(H,13,16)(H2,14,15,17)/t9-,10+,11-/m0/s1. The fraction of sp³-hybridized carbons (Fsp3) is 0.833. The first kappa shape index (κ1) is 12.6. The second-order valence-electron chi connectivity index (χ2n) is 5.16. The van der Waals surface area contributed by atoms with Gasteiger partial charge in [0, 0.05) is 26.1 Å². The number of nitrogens with one attached hydrogen (secondary N) is 3. The first-order valence-corrected chi connectivity index (χ1v) is 6.85. The lowest BCUT2D eigenvalue weighted by atomic mass is 9.96. The van der Waals surface area contributed by atoms with Crippen LogP contribution in [0.15, 0.2) is 0 Å². The zero-order valence-corrected chi connectivity index (χ0v) is 11.1. The number of amides is 1. The highest BCUT2D eigenvalue weighted by Gasteiger charge is 2.39. The minimum atomic E-state index is -0.00113. The van der Waals surface area contributed by atoms with Crippen LogP contribution in [0, 0.1) is 11.8 Å². The average Bonchev–Trinajstić information content (AvgIpc) is 2.86. The molecule has 0 heterocycles. The van der Waals surface area contributed by atoms with Crippen molar-refractivity contribution in [3.8, 4) is 0 Å². The number of carbonyl (C=O) groups excluding carboxylic acids is 1. The molecule has 0 radical (unpaired) electrons. The Morgan fingerprint density at radius 3 is 2.59 bits per heavy atom. The van der Waals surface area contributed by atoms with E-state index in [4.69, 9.17) is 12.2 Å². The highest BCUT2D eigenvalue weighted by Crippen LogP contribution is 2.44. The Kier molecular flexibility index (Phi) is 4.20. The van der Waals surface area contributed by atoms with Gasteiger partial charge in [-0.15, -0.1) is 0 Å². The van der Waals surface area contributed by atoms with Gasteiger partial charge in [-0.25, -0.2) is 0 Å². The summed E-state index contributed by atoms with van der Waals surface area (Å²) in [6.07, 6.45) is 5.42. The van der Waals surface area contributed by atoms with Gasteiger partial charge in [-0.05, 0) is 43.3 Å². The Hall–Kier alpha value is -0.840. The van der Waals surface area contributed by atoms with Crippen molar-refractivity contribution >= 4 is 23.2 Å². The van der Waals surface area contributed by atoms with Gasteiger partial charge in [-0.2, -0.15) is 0 Å². The van der Waals surface area contributed by atoms with Crippen LogP contribution in [0.25, 0.3) is 0 Å². The van der Waals surface area contributed by atoms with Crippen molar-refractivity contribution < 1.29 is 4.79 Å². The van der Waals surface area contributed by atoms with Crippen LogP contribution in [-0.2, 0) is 4.79 Å². The van der Waals surface area contributed by atoms with E-state index in [1.807, 2.05) is 0 Å². The van der Waals surface area contributed by atoms with Crippen molar-refractivity contribution in [1.82, 2.24) is 16.0 Å². The molecule has 0 aliphatic heterocycles. The van der Waals surface area contributed by atoms with E-state index < -0.39 is 0 Å². The van der Waals surface area contributed by atoms with Gasteiger partial charge in [0.05, 0.1) is 0 Å². The van der Waals surface area contributed by atoms with Gasteiger partial charge in [0.2, 0.25) is 5.91 Å². The van der Waals surface area contributed by atoms with E-state index in [9.17, 15) is 4.79 Å². The molecule has 0 aromatic heterocycles. The van der Waals surface area contributed by atoms with Gasteiger partial charge in [0.25, 0.3) is 0 Å². The maximum absolute atomic E-state index is 10.7. The highest BCUT2D eigenvalue weighted by atomic mass is 32.1. The predicted molar refractivity (Wildman–Crippen MR) is 71.7 cm³/mol. The Bertz CT molecular complexity index is 308. The minimum absolute atomic E-state index is 0.00113. The lowest BCUT2D eigenvalue weighted by molar-refractivity contribution is -0.118. The summed E-state index contributed by atoms with van der Waals surface area (Å²) in [6, 6.07) is 0.578. The molecule has 4 nitrogen and oxygen atoms in total. The van der Waals surface area contributed by atoms with Crippen LogP contribution in [-0.4, -0.2) is 30.2 Å². The monoisotopic (exact) mass is 255 g/mol. The molecule has 96 valence electrons. The normalized spacial score (nSPS) is 30.1. The molecule has 2 aliphatic rings. The molecular formula is C12H21N3OS. The molecule has 5 heteroatoms. The Morgan fingerprint density at radius 2 is 2.00 bits per heavy atom. The molecule has 3 N–H and O–H groups in total. The molecule has 2 rings (SSSR count). The van der Waals surface area contributed by atoms with Crippen molar-refractivity contribution in [1.29, 1.82) is 0 Å². The maximum Gasteiger partial charge on any atom is 0.216 e. The first-order valence-electron chi connectivity index (χ1n) is 6.44. The summed E-state index contributed by atoms with van der Waals surface area (Å²) in [5, 5.41) is 10.00. The highest BCUT2D eigenvalue weighted by molar-refractivity contribution is 7.80. The third kappa shape index (κ3) is 3.56. The Labute approximate surface area is 108 Å². The molecule has 0 unspecified atom stereocenters. The summed E-state index contributed by atoms with van der Waals surface area (Å²) in [7, 11) is 0. The summed E-state index contributed by atoms with van der Waals surface area (Å²) in [4.78, 5) is 10.7. The molecule has 17 heavy (non-hydrogen) atoms. The van der Waals surface area contributed by atoms with E-state index in [1.165, 1.54) is 32.6 Å². The lowest BCUT2D eigenvalue weighted by Gasteiger charge is -2.24. The zero-order valence-electron chi connectivity index (χ0n) is 10.3. The van der Waals surface area contributed by atoms with Gasteiger partial charge in [0.1, 0.15) is 0 Å². The van der Waals surface area contributed by atoms with Crippen LogP contribution in [0.1, 0.15) is 32.6 Å². The van der Waals surface area contributed by atoms with Crippen molar-refractivity contribution in [3.63, 3.8) is 0 Å². The van der Waals surface area contributed by atoms with Gasteiger partial charge < -0.3 is 16.0 Å².